The summed E-state index contributed by atoms with van der Waals surface area (Å²) in [7, 11) is 0. The van der Waals surface area contributed by atoms with Crippen LogP contribution in [0.5, 0.6) is 5.75 Å². The second-order valence-electron chi connectivity index (χ2n) is 5.37. The van der Waals surface area contributed by atoms with E-state index in [4.69, 9.17) is 9.47 Å². The minimum Gasteiger partial charge on any atom is -0.493 e. The summed E-state index contributed by atoms with van der Waals surface area (Å²) in [5, 5.41) is 2.82. The average molecular weight is 249 g/mol. The van der Waals surface area contributed by atoms with Crippen LogP contribution in [0.25, 0.3) is 0 Å². The highest BCUT2D eigenvalue weighted by molar-refractivity contribution is 5.91. The van der Waals surface area contributed by atoms with Crippen LogP contribution in [0.15, 0.2) is 18.2 Å². The first kappa shape index (κ1) is 12.9. The van der Waals surface area contributed by atoms with E-state index < -0.39 is 0 Å². The zero-order valence-corrected chi connectivity index (χ0v) is 11.1. The molecule has 4 nitrogen and oxygen atoms in total. The van der Waals surface area contributed by atoms with Gasteiger partial charge in [0.05, 0.1) is 12.2 Å². The lowest BCUT2D eigenvalue weighted by Gasteiger charge is -2.19. The van der Waals surface area contributed by atoms with Gasteiger partial charge in [-0.1, -0.05) is 0 Å². The van der Waals surface area contributed by atoms with Crippen LogP contribution in [0.3, 0.4) is 0 Å². The molecule has 2 rings (SSSR count). The third-order valence-electron chi connectivity index (χ3n) is 2.61. The molecule has 1 aromatic rings. The van der Waals surface area contributed by atoms with Gasteiger partial charge in [-0.05, 0) is 44.5 Å². The van der Waals surface area contributed by atoms with E-state index in [1.54, 1.807) is 0 Å². The normalized spacial score (nSPS) is 13.9. The fourth-order valence-electron chi connectivity index (χ4n) is 1.74. The molecule has 1 aliphatic rings. The van der Waals surface area contributed by atoms with Gasteiger partial charge in [0.15, 0.2) is 0 Å². The second kappa shape index (κ2) is 4.98. The molecule has 0 radical (unpaired) electrons. The summed E-state index contributed by atoms with van der Waals surface area (Å²) in [4.78, 5) is 11.7. The number of fused-ring (bicyclic) bond motifs is 1. The average Bonchev–Trinajstić information content (AvgIpc) is 2.72. The molecule has 0 unspecified atom stereocenters. The number of ether oxygens (including phenoxy) is 2. The van der Waals surface area contributed by atoms with E-state index in [0.29, 0.717) is 0 Å². The van der Waals surface area contributed by atoms with Gasteiger partial charge in [0, 0.05) is 12.1 Å². The van der Waals surface area contributed by atoms with Gasteiger partial charge < -0.3 is 14.8 Å². The SMILES string of the molecule is CC(C)(C)OCC(=O)Nc1ccc2c(c1)CCO2. The van der Waals surface area contributed by atoms with E-state index in [2.05, 4.69) is 5.32 Å². The summed E-state index contributed by atoms with van der Waals surface area (Å²) < 4.78 is 10.8. The molecular weight excluding hydrogens is 230 g/mol. The Kier molecular flexibility index (Phi) is 3.57. The minimum atomic E-state index is -0.302. The number of benzene rings is 1. The quantitative estimate of drug-likeness (QED) is 0.894. The lowest BCUT2D eigenvalue weighted by atomic mass is 10.1. The molecule has 1 heterocycles. The number of nitrogens with one attached hydrogen (secondary N) is 1. The van der Waals surface area contributed by atoms with Crippen molar-refractivity contribution in [3.05, 3.63) is 23.8 Å². The Labute approximate surface area is 107 Å². The van der Waals surface area contributed by atoms with Crippen LogP contribution < -0.4 is 10.1 Å². The maximum absolute atomic E-state index is 11.7. The van der Waals surface area contributed by atoms with Crippen LogP contribution in [-0.4, -0.2) is 24.7 Å². The van der Waals surface area contributed by atoms with Gasteiger partial charge in [0.2, 0.25) is 5.91 Å². The van der Waals surface area contributed by atoms with Gasteiger partial charge in [0.25, 0.3) is 0 Å². The van der Waals surface area contributed by atoms with Crippen LogP contribution in [-0.2, 0) is 16.0 Å². The molecule has 1 amide bonds. The Hall–Kier alpha value is -1.55. The fourth-order valence-corrected chi connectivity index (χ4v) is 1.74. The Morgan fingerprint density at radius 1 is 1.44 bits per heavy atom. The van der Waals surface area contributed by atoms with Crippen molar-refractivity contribution >= 4 is 11.6 Å². The molecule has 1 aliphatic heterocycles. The first-order valence-electron chi connectivity index (χ1n) is 6.13. The van der Waals surface area contributed by atoms with E-state index in [-0.39, 0.29) is 18.1 Å². The summed E-state index contributed by atoms with van der Waals surface area (Å²) in [6, 6.07) is 5.69. The van der Waals surface area contributed by atoms with Gasteiger partial charge in [0.1, 0.15) is 12.4 Å². The molecule has 0 aliphatic carbocycles. The topological polar surface area (TPSA) is 47.6 Å². The van der Waals surface area contributed by atoms with Crippen molar-refractivity contribution in [3.8, 4) is 5.75 Å². The summed E-state index contributed by atoms with van der Waals surface area (Å²) in [6.07, 6.45) is 0.900. The van der Waals surface area contributed by atoms with Crippen molar-refractivity contribution in [2.24, 2.45) is 0 Å². The van der Waals surface area contributed by atoms with Crippen molar-refractivity contribution in [2.75, 3.05) is 18.5 Å². The number of amides is 1. The third kappa shape index (κ3) is 3.47. The van der Waals surface area contributed by atoms with Crippen molar-refractivity contribution in [2.45, 2.75) is 32.8 Å². The molecule has 0 bridgehead atoms. The molecule has 0 saturated carbocycles. The molecular formula is C14H19NO3. The van der Waals surface area contributed by atoms with Gasteiger partial charge in [-0.2, -0.15) is 0 Å². The lowest BCUT2D eigenvalue weighted by Crippen LogP contribution is -2.27. The molecule has 0 aromatic heterocycles. The molecule has 0 saturated heterocycles. The summed E-state index contributed by atoms with van der Waals surface area (Å²) in [5.74, 6) is 0.780. The largest absolute Gasteiger partial charge is 0.493 e. The van der Waals surface area contributed by atoms with E-state index >= 15 is 0 Å². The smallest absolute Gasteiger partial charge is 0.250 e. The maximum atomic E-state index is 11.7. The van der Waals surface area contributed by atoms with Gasteiger partial charge in [-0.25, -0.2) is 0 Å². The minimum absolute atomic E-state index is 0.0666. The zero-order valence-electron chi connectivity index (χ0n) is 11.1. The molecule has 0 atom stereocenters. The van der Waals surface area contributed by atoms with Crippen molar-refractivity contribution < 1.29 is 14.3 Å². The van der Waals surface area contributed by atoms with Gasteiger partial charge in [-0.3, -0.25) is 4.79 Å². The molecule has 0 spiro atoms. The van der Waals surface area contributed by atoms with E-state index in [9.17, 15) is 4.79 Å². The lowest BCUT2D eigenvalue weighted by molar-refractivity contribution is -0.125. The van der Waals surface area contributed by atoms with Crippen LogP contribution in [0.2, 0.25) is 0 Å². The van der Waals surface area contributed by atoms with Crippen molar-refractivity contribution in [1.82, 2.24) is 0 Å². The third-order valence-corrected chi connectivity index (χ3v) is 2.61. The maximum Gasteiger partial charge on any atom is 0.250 e. The number of hydrogen-bond acceptors (Lipinski definition) is 3. The fraction of sp³-hybridized carbons (Fsp3) is 0.500. The van der Waals surface area contributed by atoms with Crippen molar-refractivity contribution in [1.29, 1.82) is 0 Å². The number of hydrogen-bond donors (Lipinski definition) is 1. The van der Waals surface area contributed by atoms with Crippen LogP contribution in [0.4, 0.5) is 5.69 Å². The highest BCUT2D eigenvalue weighted by Gasteiger charge is 2.15. The summed E-state index contributed by atoms with van der Waals surface area (Å²) >= 11 is 0. The Morgan fingerprint density at radius 2 is 2.22 bits per heavy atom. The number of anilines is 1. The number of rotatable bonds is 3. The first-order chi connectivity index (χ1) is 8.44. The van der Waals surface area contributed by atoms with Gasteiger partial charge in [-0.15, -0.1) is 0 Å². The molecule has 4 heteroatoms. The second-order valence-corrected chi connectivity index (χ2v) is 5.37. The predicted octanol–water partition coefficient (Wildman–Crippen LogP) is 2.38. The summed E-state index contributed by atoms with van der Waals surface area (Å²) in [6.45, 7) is 6.56. The standard InChI is InChI=1S/C14H19NO3/c1-14(2,3)18-9-13(16)15-11-4-5-12-10(8-11)6-7-17-12/h4-5,8H,6-7,9H2,1-3H3,(H,15,16). The monoisotopic (exact) mass is 249 g/mol. The molecule has 98 valence electrons. The number of carbonyl (C=O) groups excluding carboxylic acids is 1. The molecule has 0 fully saturated rings. The first-order valence-corrected chi connectivity index (χ1v) is 6.13. The molecule has 1 N–H and O–H groups in total. The highest BCUT2D eigenvalue weighted by atomic mass is 16.5. The Balaban J connectivity index is 1.91. The number of carbonyl (C=O) groups is 1. The zero-order chi connectivity index (χ0) is 13.2. The van der Waals surface area contributed by atoms with E-state index in [1.165, 1.54) is 0 Å². The highest BCUT2D eigenvalue weighted by Crippen LogP contribution is 2.27. The van der Waals surface area contributed by atoms with Gasteiger partial charge >= 0.3 is 0 Å². The molecule has 18 heavy (non-hydrogen) atoms. The Morgan fingerprint density at radius 3 is 2.94 bits per heavy atom. The van der Waals surface area contributed by atoms with E-state index in [1.807, 2.05) is 39.0 Å². The predicted molar refractivity (Wildman–Crippen MR) is 70.0 cm³/mol. The van der Waals surface area contributed by atoms with E-state index in [0.717, 1.165) is 30.0 Å². The van der Waals surface area contributed by atoms with Crippen LogP contribution in [0, 0.1) is 0 Å². The summed E-state index contributed by atoms with van der Waals surface area (Å²) in [5.41, 5.74) is 1.63. The molecule has 1 aromatic carbocycles. The van der Waals surface area contributed by atoms with Crippen LogP contribution in [0.1, 0.15) is 26.3 Å². The van der Waals surface area contributed by atoms with Crippen molar-refractivity contribution in [3.63, 3.8) is 0 Å². The Bertz CT molecular complexity index is 449. The van der Waals surface area contributed by atoms with Crippen LogP contribution >= 0.6 is 0 Å².